The molecule has 0 aromatic heterocycles. The Morgan fingerprint density at radius 1 is 1.26 bits per heavy atom. The third kappa shape index (κ3) is 4.65. The predicted octanol–water partition coefficient (Wildman–Crippen LogP) is 4.64. The van der Waals surface area contributed by atoms with Gasteiger partial charge in [0.25, 0.3) is 0 Å². The lowest BCUT2D eigenvalue weighted by Gasteiger charge is -2.21. The Hall–Kier alpha value is -1.39. The van der Waals surface area contributed by atoms with Crippen LogP contribution in [0.15, 0.2) is 18.2 Å². The fraction of sp³-hybridized carbons (Fsp3) is 0.571. The van der Waals surface area contributed by atoms with Crippen LogP contribution in [-0.2, 0) is 6.18 Å². The predicted molar refractivity (Wildman–Crippen MR) is 70.1 cm³/mol. The minimum Gasteiger partial charge on any atom is -0.490 e. The average Bonchev–Trinajstić information content (AvgIpc) is 2.34. The van der Waals surface area contributed by atoms with E-state index in [1.165, 1.54) is 12.1 Å². The summed E-state index contributed by atoms with van der Waals surface area (Å²) in [6, 6.07) is 3.64. The standard InChI is InChI=1S/C14H20F3NO/c1-3-5-6-11(4-2)19-13-8-7-10(18)9-12(13)14(15,16)17/h7-9,11H,3-6,18H2,1-2H3/t11-/m1/s1. The third-order valence-corrected chi connectivity index (χ3v) is 2.94. The highest BCUT2D eigenvalue weighted by molar-refractivity contribution is 5.49. The number of alkyl halides is 3. The van der Waals surface area contributed by atoms with E-state index in [0.717, 1.165) is 25.3 Å². The van der Waals surface area contributed by atoms with Crippen molar-refractivity contribution in [1.82, 2.24) is 0 Å². The van der Waals surface area contributed by atoms with Crippen LogP contribution in [-0.4, -0.2) is 6.10 Å². The van der Waals surface area contributed by atoms with Crippen LogP contribution in [0.1, 0.15) is 45.1 Å². The Kier molecular flexibility index (Phi) is 5.51. The summed E-state index contributed by atoms with van der Waals surface area (Å²) in [4.78, 5) is 0. The van der Waals surface area contributed by atoms with Crippen LogP contribution in [0.4, 0.5) is 18.9 Å². The van der Waals surface area contributed by atoms with Crippen molar-refractivity contribution in [2.45, 2.75) is 51.8 Å². The molecular weight excluding hydrogens is 255 g/mol. The second-order valence-electron chi connectivity index (χ2n) is 4.54. The molecule has 0 saturated heterocycles. The molecule has 0 spiro atoms. The summed E-state index contributed by atoms with van der Waals surface area (Å²) >= 11 is 0. The molecule has 0 radical (unpaired) electrons. The van der Waals surface area contributed by atoms with Crippen molar-refractivity contribution in [3.05, 3.63) is 23.8 Å². The van der Waals surface area contributed by atoms with Crippen LogP contribution in [0.5, 0.6) is 5.75 Å². The molecule has 0 heterocycles. The second kappa shape index (κ2) is 6.68. The van der Waals surface area contributed by atoms with Gasteiger partial charge in [-0.15, -0.1) is 0 Å². The molecule has 0 amide bonds. The van der Waals surface area contributed by atoms with Gasteiger partial charge >= 0.3 is 6.18 Å². The molecule has 0 fully saturated rings. The summed E-state index contributed by atoms with van der Waals surface area (Å²) in [7, 11) is 0. The minimum atomic E-state index is -4.45. The van der Waals surface area contributed by atoms with Crippen molar-refractivity contribution in [2.24, 2.45) is 0 Å². The Balaban J connectivity index is 2.93. The van der Waals surface area contributed by atoms with Gasteiger partial charge in [0.1, 0.15) is 5.75 Å². The molecule has 2 nitrogen and oxygen atoms in total. The molecule has 1 atom stereocenters. The lowest BCUT2D eigenvalue weighted by Crippen LogP contribution is -2.18. The van der Waals surface area contributed by atoms with E-state index < -0.39 is 11.7 Å². The van der Waals surface area contributed by atoms with Crippen LogP contribution in [0.25, 0.3) is 0 Å². The van der Waals surface area contributed by atoms with Gasteiger partial charge in [0.15, 0.2) is 0 Å². The highest BCUT2D eigenvalue weighted by Crippen LogP contribution is 2.38. The molecule has 19 heavy (non-hydrogen) atoms. The summed E-state index contributed by atoms with van der Waals surface area (Å²) in [5, 5.41) is 0. The molecular formula is C14H20F3NO. The van der Waals surface area contributed by atoms with Crippen molar-refractivity contribution in [2.75, 3.05) is 5.73 Å². The van der Waals surface area contributed by atoms with Crippen LogP contribution < -0.4 is 10.5 Å². The summed E-state index contributed by atoms with van der Waals surface area (Å²) in [6.07, 6.45) is -1.27. The van der Waals surface area contributed by atoms with Gasteiger partial charge in [-0.1, -0.05) is 26.7 Å². The van der Waals surface area contributed by atoms with E-state index in [2.05, 4.69) is 0 Å². The number of halogens is 3. The van der Waals surface area contributed by atoms with E-state index in [4.69, 9.17) is 10.5 Å². The van der Waals surface area contributed by atoms with Gasteiger partial charge in [-0.05, 0) is 31.0 Å². The lowest BCUT2D eigenvalue weighted by atomic mass is 10.1. The molecule has 5 heteroatoms. The lowest BCUT2D eigenvalue weighted by molar-refractivity contribution is -0.139. The first-order valence-electron chi connectivity index (χ1n) is 6.51. The highest BCUT2D eigenvalue weighted by atomic mass is 19.4. The maximum atomic E-state index is 12.9. The fourth-order valence-corrected chi connectivity index (χ4v) is 1.83. The van der Waals surface area contributed by atoms with Crippen molar-refractivity contribution in [3.63, 3.8) is 0 Å². The summed E-state index contributed by atoms with van der Waals surface area (Å²) in [5.74, 6) is -0.135. The Morgan fingerprint density at radius 3 is 2.47 bits per heavy atom. The molecule has 0 saturated carbocycles. The zero-order valence-electron chi connectivity index (χ0n) is 11.3. The Labute approximate surface area is 111 Å². The van der Waals surface area contributed by atoms with Crippen molar-refractivity contribution in [1.29, 1.82) is 0 Å². The Bertz CT molecular complexity index is 404. The third-order valence-electron chi connectivity index (χ3n) is 2.94. The number of hydrogen-bond acceptors (Lipinski definition) is 2. The van der Waals surface area contributed by atoms with Gasteiger partial charge in [-0.3, -0.25) is 0 Å². The minimum absolute atomic E-state index is 0.0845. The molecule has 2 N–H and O–H groups in total. The molecule has 0 bridgehead atoms. The molecule has 1 rings (SSSR count). The normalized spacial score (nSPS) is 13.3. The molecule has 108 valence electrons. The molecule has 0 aliphatic heterocycles. The number of nitrogen functional groups attached to an aromatic ring is 1. The average molecular weight is 275 g/mol. The van der Waals surface area contributed by atoms with Gasteiger partial charge in [-0.2, -0.15) is 13.2 Å². The van der Waals surface area contributed by atoms with E-state index in [1.807, 2.05) is 13.8 Å². The van der Waals surface area contributed by atoms with Gasteiger partial charge in [0.2, 0.25) is 0 Å². The van der Waals surface area contributed by atoms with Gasteiger partial charge < -0.3 is 10.5 Å². The van der Waals surface area contributed by atoms with Crippen molar-refractivity contribution in [3.8, 4) is 5.75 Å². The number of rotatable bonds is 6. The topological polar surface area (TPSA) is 35.2 Å². The summed E-state index contributed by atoms with van der Waals surface area (Å²) in [6.45, 7) is 3.95. The zero-order chi connectivity index (χ0) is 14.5. The maximum Gasteiger partial charge on any atom is 0.420 e. The molecule has 0 aliphatic rings. The monoisotopic (exact) mass is 275 g/mol. The van der Waals surface area contributed by atoms with Crippen LogP contribution in [0, 0.1) is 0 Å². The first-order chi connectivity index (χ1) is 8.88. The first kappa shape index (κ1) is 15.7. The summed E-state index contributed by atoms with van der Waals surface area (Å²) in [5.41, 5.74) is 4.69. The van der Waals surface area contributed by atoms with E-state index in [9.17, 15) is 13.2 Å². The fourth-order valence-electron chi connectivity index (χ4n) is 1.83. The first-order valence-corrected chi connectivity index (χ1v) is 6.51. The van der Waals surface area contributed by atoms with Crippen LogP contribution in [0.3, 0.4) is 0 Å². The van der Waals surface area contributed by atoms with E-state index in [1.54, 1.807) is 0 Å². The van der Waals surface area contributed by atoms with E-state index in [0.29, 0.717) is 6.42 Å². The van der Waals surface area contributed by atoms with Crippen LogP contribution in [0.2, 0.25) is 0 Å². The largest absolute Gasteiger partial charge is 0.490 e. The Morgan fingerprint density at radius 2 is 1.95 bits per heavy atom. The van der Waals surface area contributed by atoms with Crippen molar-refractivity contribution < 1.29 is 17.9 Å². The highest BCUT2D eigenvalue weighted by Gasteiger charge is 2.35. The number of anilines is 1. The number of hydrogen-bond donors (Lipinski definition) is 1. The van der Waals surface area contributed by atoms with E-state index >= 15 is 0 Å². The zero-order valence-corrected chi connectivity index (χ0v) is 11.3. The van der Waals surface area contributed by atoms with Crippen molar-refractivity contribution >= 4 is 5.69 Å². The number of nitrogens with two attached hydrogens (primary N) is 1. The number of ether oxygens (including phenoxy) is 1. The second-order valence-corrected chi connectivity index (χ2v) is 4.54. The summed E-state index contributed by atoms with van der Waals surface area (Å²) < 4.78 is 44.2. The van der Waals surface area contributed by atoms with Crippen LogP contribution >= 0.6 is 0 Å². The number of benzene rings is 1. The van der Waals surface area contributed by atoms with E-state index in [-0.39, 0.29) is 17.5 Å². The maximum absolute atomic E-state index is 12.9. The molecule has 1 aromatic rings. The molecule has 1 aromatic carbocycles. The van der Waals surface area contributed by atoms with Gasteiger partial charge in [0.05, 0.1) is 11.7 Å². The molecule has 0 aliphatic carbocycles. The van der Waals surface area contributed by atoms with Gasteiger partial charge in [-0.25, -0.2) is 0 Å². The molecule has 0 unspecified atom stereocenters. The SMILES string of the molecule is CCCC[C@@H](CC)Oc1ccc(N)cc1C(F)(F)F. The number of unbranched alkanes of at least 4 members (excludes halogenated alkanes) is 1. The smallest absolute Gasteiger partial charge is 0.420 e. The quantitative estimate of drug-likeness (QED) is 0.768. The van der Waals surface area contributed by atoms with Gasteiger partial charge in [0, 0.05) is 5.69 Å².